The highest BCUT2D eigenvalue weighted by atomic mass is 15.0. The van der Waals surface area contributed by atoms with Crippen molar-refractivity contribution < 1.29 is 0 Å². The topological polar surface area (TPSA) is 30.7 Å². The quantitative estimate of drug-likeness (QED) is 0.184. The Morgan fingerprint density at radius 2 is 1.07 bits per heavy atom. The fourth-order valence-corrected chi connectivity index (χ4v) is 9.09. The van der Waals surface area contributed by atoms with E-state index in [1.807, 2.05) is 12.1 Å². The zero-order chi connectivity index (χ0) is 36.0. The van der Waals surface area contributed by atoms with E-state index in [2.05, 4.69) is 182 Å². The minimum Gasteiger partial charge on any atom is -0.309 e. The first kappa shape index (κ1) is 30.8. The first-order chi connectivity index (χ1) is 26.5. The Morgan fingerprint density at radius 3 is 1.87 bits per heavy atom. The molecule has 0 saturated heterocycles. The third-order valence-electron chi connectivity index (χ3n) is 11.5. The van der Waals surface area contributed by atoms with Crippen molar-refractivity contribution >= 4 is 43.5 Å². The van der Waals surface area contributed by atoms with E-state index in [0.717, 1.165) is 33.4 Å². The van der Waals surface area contributed by atoms with Gasteiger partial charge >= 0.3 is 0 Å². The van der Waals surface area contributed by atoms with Gasteiger partial charge in [0.1, 0.15) is 0 Å². The van der Waals surface area contributed by atoms with Crippen LogP contribution in [0.1, 0.15) is 25.0 Å². The maximum Gasteiger partial charge on any atom is 0.160 e. The number of rotatable bonds is 4. The van der Waals surface area contributed by atoms with Crippen LogP contribution in [0.3, 0.4) is 0 Å². The molecule has 1 aliphatic rings. The number of nitrogens with zero attached hydrogens (tertiary/aromatic N) is 3. The highest BCUT2D eigenvalue weighted by molar-refractivity contribution is 6.13. The Kier molecular flexibility index (Phi) is 6.60. The molecule has 3 nitrogen and oxygen atoms in total. The van der Waals surface area contributed by atoms with E-state index in [1.54, 1.807) is 0 Å². The molecule has 54 heavy (non-hydrogen) atoms. The first-order valence-corrected chi connectivity index (χ1v) is 18.7. The summed E-state index contributed by atoms with van der Waals surface area (Å²) in [6.45, 7) is 4.79. The van der Waals surface area contributed by atoms with Gasteiger partial charge in [0.15, 0.2) is 5.82 Å². The lowest BCUT2D eigenvalue weighted by molar-refractivity contribution is 0.667. The normalized spacial score (nSPS) is 13.1. The molecular formula is C51H35N3. The molecule has 2 aromatic heterocycles. The van der Waals surface area contributed by atoms with Gasteiger partial charge in [-0.1, -0.05) is 147 Å². The van der Waals surface area contributed by atoms with Crippen LogP contribution in [0.4, 0.5) is 0 Å². The number of aromatic nitrogens is 3. The van der Waals surface area contributed by atoms with Crippen LogP contribution in [0, 0.1) is 0 Å². The summed E-state index contributed by atoms with van der Waals surface area (Å²) < 4.78 is 2.43. The molecular weight excluding hydrogens is 655 g/mol. The monoisotopic (exact) mass is 689 g/mol. The predicted octanol–water partition coefficient (Wildman–Crippen LogP) is 13.2. The average molecular weight is 690 g/mol. The van der Waals surface area contributed by atoms with Crippen molar-refractivity contribution in [3.63, 3.8) is 0 Å². The smallest absolute Gasteiger partial charge is 0.160 e. The van der Waals surface area contributed by atoms with Gasteiger partial charge in [0.05, 0.1) is 22.2 Å². The minimum atomic E-state index is -0.205. The molecule has 1 aliphatic carbocycles. The van der Waals surface area contributed by atoms with Crippen molar-refractivity contribution in [3.8, 4) is 50.6 Å². The molecule has 11 rings (SSSR count). The van der Waals surface area contributed by atoms with Gasteiger partial charge in [-0.3, -0.25) is 0 Å². The summed E-state index contributed by atoms with van der Waals surface area (Å²) in [5.41, 5.74) is 15.1. The van der Waals surface area contributed by atoms with Gasteiger partial charge in [-0.25, -0.2) is 9.97 Å². The summed E-state index contributed by atoms with van der Waals surface area (Å²) in [5, 5.41) is 6.16. The highest BCUT2D eigenvalue weighted by Crippen LogP contribution is 2.55. The standard InChI is InChI=1S/C51H35N3/c1-51(2)44-31-47-42(30-41(44)43-29-40(32-16-5-3-6-17-32)36-22-9-10-24-38(36)48(43)51)37-23-12-14-27-46(37)54(47)35-21-15-20-34(28-35)50-52-45-26-13-11-25-39(45)49(53-50)33-18-7-4-8-19-33/h3-31H,1-2H3. The lowest BCUT2D eigenvalue weighted by Crippen LogP contribution is -2.15. The second kappa shape index (κ2) is 11.6. The molecule has 3 heteroatoms. The second-order valence-corrected chi connectivity index (χ2v) is 15.0. The Balaban J connectivity index is 1.14. The van der Waals surface area contributed by atoms with Crippen LogP contribution in [-0.4, -0.2) is 14.5 Å². The molecule has 0 spiro atoms. The number of para-hydroxylation sites is 2. The molecule has 0 unspecified atom stereocenters. The van der Waals surface area contributed by atoms with Crippen molar-refractivity contribution in [2.24, 2.45) is 0 Å². The van der Waals surface area contributed by atoms with Crippen LogP contribution in [0.15, 0.2) is 176 Å². The Labute approximate surface area is 313 Å². The van der Waals surface area contributed by atoms with Crippen LogP contribution in [0.25, 0.3) is 94.1 Å². The molecule has 0 atom stereocenters. The summed E-state index contributed by atoms with van der Waals surface area (Å²) >= 11 is 0. The predicted molar refractivity (Wildman–Crippen MR) is 225 cm³/mol. The van der Waals surface area contributed by atoms with Crippen LogP contribution in [0.2, 0.25) is 0 Å². The number of benzene rings is 8. The van der Waals surface area contributed by atoms with Crippen molar-refractivity contribution in [2.45, 2.75) is 19.3 Å². The SMILES string of the molecule is CC1(C)c2cc3c(cc2-c2cc(-c4ccccc4)c4ccccc4c21)c1ccccc1n3-c1cccc(-c2nc(-c3ccccc3)c3ccccc3n2)c1. The molecule has 0 N–H and O–H groups in total. The number of hydrogen-bond donors (Lipinski definition) is 0. The van der Waals surface area contributed by atoms with E-state index >= 15 is 0 Å². The van der Waals surface area contributed by atoms with Crippen LogP contribution in [0.5, 0.6) is 0 Å². The van der Waals surface area contributed by atoms with E-state index < -0.39 is 0 Å². The first-order valence-electron chi connectivity index (χ1n) is 18.7. The van der Waals surface area contributed by atoms with Gasteiger partial charge in [0.25, 0.3) is 0 Å². The third kappa shape index (κ3) is 4.48. The van der Waals surface area contributed by atoms with Crippen molar-refractivity contribution in [3.05, 3.63) is 187 Å². The van der Waals surface area contributed by atoms with Crippen molar-refractivity contribution in [1.29, 1.82) is 0 Å². The molecule has 2 heterocycles. The molecule has 0 aliphatic heterocycles. The molecule has 0 bridgehead atoms. The summed E-state index contributed by atoms with van der Waals surface area (Å²) in [6, 6.07) is 63.4. The van der Waals surface area contributed by atoms with Gasteiger partial charge in [0, 0.05) is 38.4 Å². The number of fused-ring (bicyclic) bond motifs is 9. The lowest BCUT2D eigenvalue weighted by atomic mass is 9.79. The van der Waals surface area contributed by atoms with Gasteiger partial charge in [-0.05, 0) is 86.6 Å². The van der Waals surface area contributed by atoms with Gasteiger partial charge < -0.3 is 4.57 Å². The fourth-order valence-electron chi connectivity index (χ4n) is 9.09. The van der Waals surface area contributed by atoms with Gasteiger partial charge in [0.2, 0.25) is 0 Å². The molecule has 10 aromatic rings. The Hall–Kier alpha value is -6.84. The molecule has 0 amide bonds. The van der Waals surface area contributed by atoms with E-state index in [-0.39, 0.29) is 5.41 Å². The summed E-state index contributed by atoms with van der Waals surface area (Å²) in [5.74, 6) is 0.716. The minimum absolute atomic E-state index is 0.205. The van der Waals surface area contributed by atoms with Gasteiger partial charge in [-0.15, -0.1) is 0 Å². The Morgan fingerprint density at radius 1 is 0.426 bits per heavy atom. The summed E-state index contributed by atoms with van der Waals surface area (Å²) in [4.78, 5) is 10.3. The fraction of sp³-hybridized carbons (Fsp3) is 0.0588. The average Bonchev–Trinajstić information content (AvgIpc) is 3.67. The zero-order valence-electron chi connectivity index (χ0n) is 30.1. The number of hydrogen-bond acceptors (Lipinski definition) is 2. The summed E-state index contributed by atoms with van der Waals surface area (Å²) in [7, 11) is 0. The maximum absolute atomic E-state index is 5.21. The molecule has 0 fully saturated rings. The van der Waals surface area contributed by atoms with Crippen LogP contribution >= 0.6 is 0 Å². The van der Waals surface area contributed by atoms with Gasteiger partial charge in [-0.2, -0.15) is 0 Å². The van der Waals surface area contributed by atoms with E-state index in [9.17, 15) is 0 Å². The lowest BCUT2D eigenvalue weighted by Gasteiger charge is -2.24. The highest BCUT2D eigenvalue weighted by Gasteiger charge is 2.38. The molecule has 0 radical (unpaired) electrons. The van der Waals surface area contributed by atoms with Crippen LogP contribution < -0.4 is 0 Å². The van der Waals surface area contributed by atoms with E-state index in [0.29, 0.717) is 5.82 Å². The molecule has 0 saturated carbocycles. The van der Waals surface area contributed by atoms with Crippen molar-refractivity contribution in [1.82, 2.24) is 14.5 Å². The second-order valence-electron chi connectivity index (χ2n) is 15.0. The molecule has 254 valence electrons. The Bertz CT molecular complexity index is 3120. The van der Waals surface area contributed by atoms with E-state index in [1.165, 1.54) is 66.0 Å². The van der Waals surface area contributed by atoms with Crippen molar-refractivity contribution in [2.75, 3.05) is 0 Å². The zero-order valence-corrected chi connectivity index (χ0v) is 30.1. The molecule has 8 aromatic carbocycles. The largest absolute Gasteiger partial charge is 0.309 e. The maximum atomic E-state index is 5.21. The third-order valence-corrected chi connectivity index (χ3v) is 11.5. The summed E-state index contributed by atoms with van der Waals surface area (Å²) in [6.07, 6.45) is 0. The van der Waals surface area contributed by atoms with Crippen LogP contribution in [-0.2, 0) is 5.41 Å². The van der Waals surface area contributed by atoms with E-state index in [4.69, 9.17) is 9.97 Å².